The number of β-amino-alcohol motifs (C(OH)–C–C–N with tert-alkyl or cyclic N) is 1. The van der Waals surface area contributed by atoms with E-state index in [0.717, 1.165) is 22.3 Å². The first-order valence-electron chi connectivity index (χ1n) is 13.8. The second kappa shape index (κ2) is 12.1. The molecular formula is C33H48ClNO5. The monoisotopic (exact) mass is 573 g/mol. The lowest BCUT2D eigenvalue weighted by Gasteiger charge is -2.34. The minimum atomic E-state index is -0.805. The van der Waals surface area contributed by atoms with Crippen LogP contribution in [0.3, 0.4) is 0 Å². The number of halogens is 1. The Morgan fingerprint density at radius 1 is 0.650 bits per heavy atom. The molecule has 1 N–H and O–H groups in total. The van der Waals surface area contributed by atoms with Crippen molar-refractivity contribution in [1.29, 1.82) is 0 Å². The first-order valence-corrected chi connectivity index (χ1v) is 14.2. The van der Waals surface area contributed by atoms with Crippen molar-refractivity contribution in [3.63, 3.8) is 0 Å². The van der Waals surface area contributed by atoms with E-state index in [9.17, 15) is 14.7 Å². The fraction of sp³-hybridized carbons (Fsp3) is 0.576. The summed E-state index contributed by atoms with van der Waals surface area (Å²) in [6.07, 6.45) is -0.810. The van der Waals surface area contributed by atoms with E-state index in [1.54, 1.807) is 0 Å². The number of likely N-dealkylation sites (tertiary alicyclic amines) is 1. The molecule has 0 saturated carbocycles. The number of ether oxygens (including phenoxy) is 2. The molecule has 1 fully saturated rings. The van der Waals surface area contributed by atoms with Crippen LogP contribution in [-0.4, -0.2) is 40.7 Å². The normalized spacial score (nSPS) is 14.6. The number of carbonyl (C=O) groups excluding carboxylic acids is 2. The summed E-state index contributed by atoms with van der Waals surface area (Å²) in [5.74, 6) is 1.08. The number of benzene rings is 2. The highest BCUT2D eigenvalue weighted by Crippen LogP contribution is 2.34. The summed E-state index contributed by atoms with van der Waals surface area (Å²) in [6, 6.07) is 12.0. The van der Waals surface area contributed by atoms with Gasteiger partial charge in [-0.3, -0.25) is 0 Å². The SMILES string of the molecule is CC(C)(C)c1cc(OC(=O)Cl)cc(C(C)(C)C)c1.CC(C)(C)c1cc(OC(=O)N2CC(O)C2)cc(C(C)(C)C)c1. The maximum absolute atomic E-state index is 12.1. The van der Waals surface area contributed by atoms with E-state index < -0.39 is 17.6 Å². The molecule has 1 heterocycles. The molecule has 7 heteroatoms. The standard InChI is InChI=1S/C18H27NO3.C15H21ClO2/c1-17(2,3)12-7-13(18(4,5)6)9-15(8-12)22-16(21)19-10-14(20)11-19;1-14(2,3)10-7-11(15(4,5)6)9-12(8-10)18-13(16)17/h7-9,14,20H,10-11H2,1-6H3;7-9H,1-6H3. The molecule has 0 spiro atoms. The first-order chi connectivity index (χ1) is 18.0. The average Bonchev–Trinajstić information content (AvgIpc) is 2.74. The van der Waals surface area contributed by atoms with Gasteiger partial charge in [-0.15, -0.1) is 0 Å². The Labute approximate surface area is 246 Å². The molecule has 0 radical (unpaired) electrons. The summed E-state index contributed by atoms with van der Waals surface area (Å²) < 4.78 is 10.5. The van der Waals surface area contributed by atoms with Crippen molar-refractivity contribution in [3.8, 4) is 11.5 Å². The van der Waals surface area contributed by atoms with Gasteiger partial charge in [-0.05, 0) is 68.2 Å². The molecule has 6 nitrogen and oxygen atoms in total. The molecule has 0 atom stereocenters. The van der Waals surface area contributed by atoms with Crippen molar-refractivity contribution in [3.05, 3.63) is 58.7 Å². The summed E-state index contributed by atoms with van der Waals surface area (Å²) in [5, 5.41) is 9.29. The Bertz CT molecular complexity index is 1140. The summed E-state index contributed by atoms with van der Waals surface area (Å²) >= 11 is 5.28. The third-order valence-electron chi connectivity index (χ3n) is 6.80. The van der Waals surface area contributed by atoms with E-state index in [2.05, 4.69) is 95.2 Å². The fourth-order valence-electron chi connectivity index (χ4n) is 3.91. The second-order valence-corrected chi connectivity index (χ2v) is 15.1. The van der Waals surface area contributed by atoms with E-state index in [0.29, 0.717) is 24.6 Å². The number of carbonyl (C=O) groups is 2. The number of aliphatic hydroxyl groups is 1. The van der Waals surface area contributed by atoms with Crippen molar-refractivity contribution in [2.24, 2.45) is 0 Å². The van der Waals surface area contributed by atoms with Crippen LogP contribution in [0, 0.1) is 0 Å². The van der Waals surface area contributed by atoms with Gasteiger partial charge in [-0.25, -0.2) is 9.59 Å². The zero-order valence-corrected chi connectivity index (χ0v) is 27.1. The van der Waals surface area contributed by atoms with Crippen LogP contribution in [0.5, 0.6) is 11.5 Å². The largest absolute Gasteiger partial charge is 0.415 e. The molecule has 1 amide bonds. The van der Waals surface area contributed by atoms with Crippen LogP contribution in [0.2, 0.25) is 0 Å². The zero-order valence-electron chi connectivity index (χ0n) is 26.4. The lowest BCUT2D eigenvalue weighted by atomic mass is 9.80. The summed E-state index contributed by atoms with van der Waals surface area (Å²) in [4.78, 5) is 24.4. The van der Waals surface area contributed by atoms with Gasteiger partial charge in [0.05, 0.1) is 19.2 Å². The highest BCUT2D eigenvalue weighted by atomic mass is 35.5. The van der Waals surface area contributed by atoms with Crippen molar-refractivity contribution in [2.75, 3.05) is 13.1 Å². The Balaban J connectivity index is 0.000000286. The molecule has 1 aliphatic heterocycles. The van der Waals surface area contributed by atoms with Gasteiger partial charge in [-0.1, -0.05) is 95.2 Å². The lowest BCUT2D eigenvalue weighted by molar-refractivity contribution is 0.0126. The molecule has 2 aromatic carbocycles. The van der Waals surface area contributed by atoms with Gasteiger partial charge in [0.15, 0.2) is 0 Å². The van der Waals surface area contributed by atoms with E-state index in [4.69, 9.17) is 21.1 Å². The molecule has 3 rings (SSSR count). The molecule has 0 aromatic heterocycles. The first kappa shape index (κ1) is 33.6. The smallest absolute Gasteiger partial charge is 0.414 e. The third kappa shape index (κ3) is 9.81. The Kier molecular flexibility index (Phi) is 10.2. The van der Waals surface area contributed by atoms with Crippen molar-refractivity contribution in [2.45, 2.75) is 111 Å². The summed E-state index contributed by atoms with van der Waals surface area (Å²) in [5.41, 5.74) is 3.69. The van der Waals surface area contributed by atoms with Gasteiger partial charge in [-0.2, -0.15) is 0 Å². The lowest BCUT2D eigenvalue weighted by Crippen LogP contribution is -2.54. The van der Waals surface area contributed by atoms with Crippen LogP contribution in [0.25, 0.3) is 0 Å². The van der Waals surface area contributed by atoms with E-state index in [1.165, 1.54) is 4.90 Å². The predicted molar refractivity (Wildman–Crippen MR) is 163 cm³/mol. The number of rotatable bonds is 2. The zero-order chi connectivity index (χ0) is 30.8. The van der Waals surface area contributed by atoms with E-state index in [-0.39, 0.29) is 21.7 Å². The molecule has 0 aliphatic carbocycles. The number of hydrogen-bond donors (Lipinski definition) is 1. The molecular weight excluding hydrogens is 526 g/mol. The predicted octanol–water partition coefficient (Wildman–Crippen LogP) is 8.48. The number of aliphatic hydroxyl groups excluding tert-OH is 1. The molecule has 0 unspecified atom stereocenters. The molecule has 222 valence electrons. The molecule has 2 aromatic rings. The van der Waals surface area contributed by atoms with Crippen molar-refractivity contribution in [1.82, 2.24) is 4.90 Å². The van der Waals surface area contributed by atoms with Crippen LogP contribution in [0.15, 0.2) is 36.4 Å². The van der Waals surface area contributed by atoms with E-state index in [1.807, 2.05) is 24.3 Å². The molecule has 0 bridgehead atoms. The third-order valence-corrected chi connectivity index (χ3v) is 6.88. The van der Waals surface area contributed by atoms with Gasteiger partial charge >= 0.3 is 11.5 Å². The molecule has 1 aliphatic rings. The number of amides is 1. The van der Waals surface area contributed by atoms with Gasteiger partial charge in [0, 0.05) is 11.6 Å². The minimum absolute atomic E-state index is 0.00523. The Hall–Kier alpha value is -2.57. The van der Waals surface area contributed by atoms with Gasteiger partial charge in [0.25, 0.3) is 0 Å². The highest BCUT2D eigenvalue weighted by molar-refractivity contribution is 6.61. The average molecular weight is 574 g/mol. The van der Waals surface area contributed by atoms with Crippen LogP contribution in [0.1, 0.15) is 105 Å². The fourth-order valence-corrected chi connectivity index (χ4v) is 4.00. The van der Waals surface area contributed by atoms with Gasteiger partial charge < -0.3 is 19.5 Å². The van der Waals surface area contributed by atoms with Crippen LogP contribution >= 0.6 is 11.6 Å². The molecule has 1 saturated heterocycles. The maximum Gasteiger partial charge on any atom is 0.415 e. The quantitative estimate of drug-likeness (QED) is 0.365. The molecule has 40 heavy (non-hydrogen) atoms. The summed E-state index contributed by atoms with van der Waals surface area (Å²) in [7, 11) is 0. The highest BCUT2D eigenvalue weighted by Gasteiger charge is 2.31. The second-order valence-electron chi connectivity index (χ2n) is 14.8. The number of hydrogen-bond acceptors (Lipinski definition) is 5. The van der Waals surface area contributed by atoms with Gasteiger partial charge in [0.2, 0.25) is 0 Å². The Morgan fingerprint density at radius 2 is 0.950 bits per heavy atom. The van der Waals surface area contributed by atoms with Crippen molar-refractivity contribution < 1.29 is 24.2 Å². The Morgan fingerprint density at radius 3 is 1.20 bits per heavy atom. The van der Waals surface area contributed by atoms with Crippen LogP contribution in [0.4, 0.5) is 9.59 Å². The number of nitrogens with zero attached hydrogens (tertiary/aromatic N) is 1. The van der Waals surface area contributed by atoms with Crippen molar-refractivity contribution >= 4 is 23.1 Å². The van der Waals surface area contributed by atoms with Crippen LogP contribution in [-0.2, 0) is 21.7 Å². The van der Waals surface area contributed by atoms with Gasteiger partial charge in [0.1, 0.15) is 11.5 Å². The van der Waals surface area contributed by atoms with Crippen LogP contribution < -0.4 is 9.47 Å². The topological polar surface area (TPSA) is 76.1 Å². The minimum Gasteiger partial charge on any atom is -0.414 e. The summed E-state index contributed by atoms with van der Waals surface area (Å²) in [6.45, 7) is 26.3. The van der Waals surface area contributed by atoms with E-state index >= 15 is 0 Å². The maximum atomic E-state index is 12.1.